The van der Waals surface area contributed by atoms with Crippen LogP contribution in [0.5, 0.6) is 11.5 Å². The van der Waals surface area contributed by atoms with Crippen LogP contribution >= 0.6 is 12.2 Å². The summed E-state index contributed by atoms with van der Waals surface area (Å²) in [6, 6.07) is 13.8. The Balaban J connectivity index is 1.83. The van der Waals surface area contributed by atoms with Crippen LogP contribution in [0.25, 0.3) is 0 Å². The van der Waals surface area contributed by atoms with Crippen LogP contribution in [-0.2, 0) is 4.79 Å². The number of para-hydroxylation sites is 2. The van der Waals surface area contributed by atoms with E-state index in [2.05, 4.69) is 29.7 Å². The third-order valence-electron chi connectivity index (χ3n) is 5.28. The van der Waals surface area contributed by atoms with E-state index in [9.17, 15) is 4.79 Å². The molecule has 1 amide bonds. The Morgan fingerprint density at radius 2 is 1.69 bits per heavy atom. The van der Waals surface area contributed by atoms with Gasteiger partial charge in [-0.3, -0.25) is 4.79 Å². The lowest BCUT2D eigenvalue weighted by Gasteiger charge is -2.24. The number of nitrogens with one attached hydrogen (secondary N) is 2. The molecule has 174 valence electrons. The van der Waals surface area contributed by atoms with Crippen LogP contribution in [0, 0.1) is 19.3 Å². The Morgan fingerprint density at radius 3 is 2.44 bits per heavy atom. The molecule has 0 saturated carbocycles. The second kappa shape index (κ2) is 12.4. The summed E-state index contributed by atoms with van der Waals surface area (Å²) in [5.74, 6) is 1.50. The minimum atomic E-state index is -0.576. The van der Waals surface area contributed by atoms with Gasteiger partial charge in [-0.15, -0.1) is 0 Å². The summed E-state index contributed by atoms with van der Waals surface area (Å²) < 4.78 is 11.7. The highest BCUT2D eigenvalue weighted by molar-refractivity contribution is 7.80. The standard InChI is InChI=1S/C26H36N2O3S/c1-6-7-16-30-22-12-9-8-11-21(22)27-25(32)28-24(29)26(4,5)15-10-17-31-23-18-19(2)13-14-20(23)3/h8-9,11-14,18H,6-7,10,15-17H2,1-5H3,(H2,27,28,29,32). The first kappa shape index (κ1) is 25.7. The summed E-state index contributed by atoms with van der Waals surface area (Å²) in [7, 11) is 0. The number of benzene rings is 2. The van der Waals surface area contributed by atoms with E-state index in [1.165, 1.54) is 5.56 Å². The van der Waals surface area contributed by atoms with Crippen LogP contribution in [0.2, 0.25) is 0 Å². The molecule has 0 spiro atoms. The molecule has 0 aliphatic rings. The van der Waals surface area contributed by atoms with Crippen molar-refractivity contribution in [2.24, 2.45) is 5.41 Å². The van der Waals surface area contributed by atoms with Crippen molar-refractivity contribution in [2.45, 2.75) is 60.3 Å². The summed E-state index contributed by atoms with van der Waals surface area (Å²) in [4.78, 5) is 12.8. The van der Waals surface area contributed by atoms with Crippen molar-refractivity contribution in [1.29, 1.82) is 0 Å². The lowest BCUT2D eigenvalue weighted by atomic mass is 9.87. The number of aryl methyl sites for hydroxylation is 2. The average molecular weight is 457 g/mol. The summed E-state index contributed by atoms with van der Waals surface area (Å²) in [5, 5.41) is 6.18. The topological polar surface area (TPSA) is 59.6 Å². The molecule has 2 N–H and O–H groups in total. The third-order valence-corrected chi connectivity index (χ3v) is 5.48. The normalized spacial score (nSPS) is 11.0. The van der Waals surface area contributed by atoms with E-state index in [1.54, 1.807) is 0 Å². The van der Waals surface area contributed by atoms with Gasteiger partial charge in [-0.2, -0.15) is 0 Å². The Bertz CT molecular complexity index is 912. The van der Waals surface area contributed by atoms with E-state index in [0.717, 1.165) is 42.0 Å². The molecule has 2 aromatic rings. The molecule has 0 aliphatic heterocycles. The maximum Gasteiger partial charge on any atom is 0.231 e. The van der Waals surface area contributed by atoms with Gasteiger partial charge in [0.25, 0.3) is 0 Å². The van der Waals surface area contributed by atoms with Crippen molar-refractivity contribution in [2.75, 3.05) is 18.5 Å². The van der Waals surface area contributed by atoms with Crippen LogP contribution in [0.1, 0.15) is 57.6 Å². The van der Waals surface area contributed by atoms with Gasteiger partial charge in [0.15, 0.2) is 5.11 Å². The van der Waals surface area contributed by atoms with Gasteiger partial charge in [0.05, 0.1) is 18.9 Å². The molecule has 2 rings (SSSR count). The molecule has 0 bridgehead atoms. The van der Waals surface area contributed by atoms with Crippen molar-refractivity contribution < 1.29 is 14.3 Å². The number of thiocarbonyl (C=S) groups is 1. The minimum Gasteiger partial charge on any atom is -0.493 e. The van der Waals surface area contributed by atoms with Gasteiger partial charge >= 0.3 is 0 Å². The first-order chi connectivity index (χ1) is 15.2. The average Bonchev–Trinajstić information content (AvgIpc) is 2.74. The number of amides is 1. The molecule has 6 heteroatoms. The number of ether oxygens (including phenoxy) is 2. The van der Waals surface area contributed by atoms with Crippen LogP contribution in [-0.4, -0.2) is 24.2 Å². The van der Waals surface area contributed by atoms with E-state index < -0.39 is 5.41 Å². The molecular formula is C26H36N2O3S. The quantitative estimate of drug-likeness (QED) is 0.312. The number of unbranched alkanes of at least 4 members (excludes halogenated alkanes) is 1. The number of anilines is 1. The largest absolute Gasteiger partial charge is 0.493 e. The summed E-state index contributed by atoms with van der Waals surface area (Å²) >= 11 is 5.38. The van der Waals surface area contributed by atoms with Crippen molar-refractivity contribution in [3.8, 4) is 11.5 Å². The molecule has 0 radical (unpaired) electrons. The lowest BCUT2D eigenvalue weighted by Crippen LogP contribution is -2.42. The Morgan fingerprint density at radius 1 is 1.00 bits per heavy atom. The van der Waals surface area contributed by atoms with Crippen molar-refractivity contribution >= 4 is 28.9 Å². The molecule has 32 heavy (non-hydrogen) atoms. The van der Waals surface area contributed by atoms with Gasteiger partial charge in [-0.25, -0.2) is 0 Å². The molecule has 0 heterocycles. The number of carbonyl (C=O) groups is 1. The van der Waals surface area contributed by atoms with Gasteiger partial charge < -0.3 is 20.1 Å². The number of rotatable bonds is 11. The van der Waals surface area contributed by atoms with E-state index in [1.807, 2.05) is 58.0 Å². The zero-order valence-corrected chi connectivity index (χ0v) is 20.7. The summed E-state index contributed by atoms with van der Waals surface area (Å²) in [6.45, 7) is 11.3. The highest BCUT2D eigenvalue weighted by Crippen LogP contribution is 2.26. The molecular weight excluding hydrogens is 420 g/mol. The second-order valence-corrected chi connectivity index (χ2v) is 9.12. The number of hydrogen-bond donors (Lipinski definition) is 2. The molecule has 0 saturated heterocycles. The van der Waals surface area contributed by atoms with Crippen molar-refractivity contribution in [3.05, 3.63) is 53.6 Å². The highest BCUT2D eigenvalue weighted by atomic mass is 32.1. The zero-order chi connectivity index (χ0) is 23.6. The predicted octanol–water partition coefficient (Wildman–Crippen LogP) is 6.18. The van der Waals surface area contributed by atoms with E-state index >= 15 is 0 Å². The zero-order valence-electron chi connectivity index (χ0n) is 19.9. The van der Waals surface area contributed by atoms with E-state index in [4.69, 9.17) is 21.7 Å². The van der Waals surface area contributed by atoms with Crippen molar-refractivity contribution in [3.63, 3.8) is 0 Å². The van der Waals surface area contributed by atoms with Gasteiger partial charge in [0, 0.05) is 5.41 Å². The van der Waals surface area contributed by atoms with Gasteiger partial charge in [0.2, 0.25) is 5.91 Å². The monoisotopic (exact) mass is 456 g/mol. The fourth-order valence-electron chi connectivity index (χ4n) is 3.12. The fourth-order valence-corrected chi connectivity index (χ4v) is 3.32. The second-order valence-electron chi connectivity index (χ2n) is 8.71. The first-order valence-corrected chi connectivity index (χ1v) is 11.7. The van der Waals surface area contributed by atoms with Gasteiger partial charge in [-0.1, -0.05) is 51.5 Å². The van der Waals surface area contributed by atoms with E-state index in [-0.39, 0.29) is 11.0 Å². The lowest BCUT2D eigenvalue weighted by molar-refractivity contribution is -0.128. The summed E-state index contributed by atoms with van der Waals surface area (Å²) in [5.41, 5.74) is 2.45. The maximum atomic E-state index is 12.8. The smallest absolute Gasteiger partial charge is 0.231 e. The Hall–Kier alpha value is -2.60. The SMILES string of the molecule is CCCCOc1ccccc1NC(=S)NC(=O)C(C)(C)CCCOc1cc(C)ccc1C. The first-order valence-electron chi connectivity index (χ1n) is 11.3. The molecule has 0 unspecified atom stereocenters. The predicted molar refractivity (Wildman–Crippen MR) is 136 cm³/mol. The Kier molecular flexibility index (Phi) is 9.97. The highest BCUT2D eigenvalue weighted by Gasteiger charge is 2.28. The third kappa shape index (κ3) is 8.15. The van der Waals surface area contributed by atoms with Crippen LogP contribution < -0.4 is 20.1 Å². The Labute approximate surface area is 197 Å². The van der Waals surface area contributed by atoms with Gasteiger partial charge in [-0.05, 0) is 74.7 Å². The van der Waals surface area contributed by atoms with Gasteiger partial charge in [0.1, 0.15) is 11.5 Å². The molecule has 0 aromatic heterocycles. The van der Waals surface area contributed by atoms with Crippen LogP contribution in [0.15, 0.2) is 42.5 Å². The van der Waals surface area contributed by atoms with E-state index in [0.29, 0.717) is 19.6 Å². The number of hydrogen-bond acceptors (Lipinski definition) is 4. The fraction of sp³-hybridized carbons (Fsp3) is 0.462. The maximum absolute atomic E-state index is 12.8. The molecule has 0 aliphatic carbocycles. The minimum absolute atomic E-state index is 0.119. The van der Waals surface area contributed by atoms with Crippen LogP contribution in [0.4, 0.5) is 5.69 Å². The molecule has 5 nitrogen and oxygen atoms in total. The number of carbonyl (C=O) groups excluding carboxylic acids is 1. The van der Waals surface area contributed by atoms with Crippen molar-refractivity contribution in [1.82, 2.24) is 5.32 Å². The summed E-state index contributed by atoms with van der Waals surface area (Å²) in [6.07, 6.45) is 3.50. The molecule has 2 aromatic carbocycles. The molecule has 0 atom stereocenters. The van der Waals surface area contributed by atoms with Crippen LogP contribution in [0.3, 0.4) is 0 Å². The molecule has 0 fully saturated rings.